The molecule has 0 spiro atoms. The Hall–Kier alpha value is -4.22. The lowest BCUT2D eigenvalue weighted by molar-refractivity contribution is -0.492. The van der Waals surface area contributed by atoms with E-state index in [1.54, 1.807) is 32.9 Å². The standard InChI is InChI=1S/C40H54FN3O16/c1-24-19-30-29-13-10-26-21-27(45)14-15-37(26,2)39(29,41)32(46)22-38(30,3)40(24,60-34(48)7-6-18-58-44(53)54)33(47)23-56-36(50)59-28-11-8-25(9-12-28)20-31(42)35(49)55-16-4-5-17-57-43(51)52/h8-9,11-12,14-15,21,24,29-32,46,51-54H,4-7,10,13,16-20,22-23,42H2,1-3H3/t24-,29?,30?,31-,32-,37-,38-,39-,40-/m0/s1. The lowest BCUT2D eigenvalue weighted by Gasteiger charge is -2.62. The molecule has 2 unspecified atom stereocenters. The van der Waals surface area contributed by atoms with E-state index < -0.39 is 93.3 Å². The van der Waals surface area contributed by atoms with E-state index >= 15 is 4.39 Å². The highest BCUT2D eigenvalue weighted by molar-refractivity contribution is 6.01. The molecule has 60 heavy (non-hydrogen) atoms. The van der Waals surface area contributed by atoms with Crippen LogP contribution < -0.4 is 10.5 Å². The van der Waals surface area contributed by atoms with Crippen LogP contribution in [0.4, 0.5) is 9.18 Å². The molecule has 3 fully saturated rings. The Labute approximate surface area is 345 Å². The fourth-order valence-corrected chi connectivity index (χ4v) is 10.0. The van der Waals surface area contributed by atoms with Gasteiger partial charge in [-0.2, -0.15) is 0 Å². The van der Waals surface area contributed by atoms with Crippen molar-refractivity contribution in [1.29, 1.82) is 0 Å². The van der Waals surface area contributed by atoms with Crippen LogP contribution >= 0.6 is 0 Å². The van der Waals surface area contributed by atoms with Gasteiger partial charge in [0, 0.05) is 29.1 Å². The van der Waals surface area contributed by atoms with E-state index in [1.807, 2.05) is 0 Å². The molecule has 9 atom stereocenters. The molecule has 4 aliphatic carbocycles. The van der Waals surface area contributed by atoms with Crippen LogP contribution in [0.15, 0.2) is 48.1 Å². The number of allylic oxidation sites excluding steroid dienone is 4. The zero-order valence-corrected chi connectivity index (χ0v) is 33.7. The number of benzene rings is 1. The van der Waals surface area contributed by atoms with E-state index in [-0.39, 0.29) is 69.9 Å². The maximum absolute atomic E-state index is 17.8. The van der Waals surface area contributed by atoms with Crippen LogP contribution in [-0.2, 0) is 49.5 Å². The number of halogens is 1. The van der Waals surface area contributed by atoms with Crippen molar-refractivity contribution in [2.45, 2.75) is 102 Å². The number of aliphatic hydroxyl groups excluding tert-OH is 1. The number of esters is 2. The Kier molecular flexibility index (Phi) is 15.0. The first-order valence-corrected chi connectivity index (χ1v) is 19.8. The number of nitrogens with zero attached hydrogens (tertiary/aromatic N) is 2. The molecular formula is C40H54FN3O16. The van der Waals surface area contributed by atoms with Crippen LogP contribution in [0.5, 0.6) is 5.75 Å². The summed E-state index contributed by atoms with van der Waals surface area (Å²) in [5, 5.41) is 45.7. The fourth-order valence-electron chi connectivity index (χ4n) is 10.0. The molecule has 0 radical (unpaired) electrons. The number of ketones is 2. The molecule has 3 saturated carbocycles. The van der Waals surface area contributed by atoms with Gasteiger partial charge in [0.15, 0.2) is 23.7 Å². The Morgan fingerprint density at radius 3 is 2.27 bits per heavy atom. The zero-order valence-electron chi connectivity index (χ0n) is 33.7. The number of nitrogens with two attached hydrogens (primary N) is 1. The SMILES string of the molecule is C[C@H]1CC2C3CCC4=CC(=O)C=C[C@]4(C)[C@@]3(F)[C@@H](O)C[C@]2(C)[C@@]1(OC(=O)CCCON(O)O)C(=O)COC(=O)Oc1ccc(C[C@H](N)C(=O)OCCCCON(O)O)cc1. The van der Waals surface area contributed by atoms with Gasteiger partial charge in [-0.3, -0.25) is 49.7 Å². The number of hydrogen-bond acceptors (Lipinski definition) is 19. The average molecular weight is 852 g/mol. The minimum absolute atomic E-state index is 0.00307. The van der Waals surface area contributed by atoms with Gasteiger partial charge in [-0.15, -0.1) is 0 Å². The second kappa shape index (κ2) is 19.2. The van der Waals surface area contributed by atoms with Gasteiger partial charge in [-0.1, -0.05) is 37.6 Å². The summed E-state index contributed by atoms with van der Waals surface area (Å²) in [5.74, 6) is -4.73. The third-order valence-electron chi connectivity index (χ3n) is 12.8. The number of hydrogen-bond donors (Lipinski definition) is 6. The van der Waals surface area contributed by atoms with Crippen LogP contribution in [0.2, 0.25) is 0 Å². The third-order valence-corrected chi connectivity index (χ3v) is 12.8. The van der Waals surface area contributed by atoms with Crippen LogP contribution in [0.25, 0.3) is 0 Å². The Balaban J connectivity index is 1.26. The van der Waals surface area contributed by atoms with Gasteiger partial charge in [0.2, 0.25) is 5.78 Å². The number of ether oxygens (including phenoxy) is 4. The molecule has 0 aliphatic heterocycles. The van der Waals surface area contributed by atoms with Crippen molar-refractivity contribution < 1.29 is 82.9 Å². The smallest absolute Gasteiger partial charge is 0.465 e. The van der Waals surface area contributed by atoms with Crippen molar-refractivity contribution in [3.63, 3.8) is 0 Å². The normalized spacial score (nSPS) is 31.1. The maximum atomic E-state index is 17.8. The molecule has 1 aromatic carbocycles. The largest absolute Gasteiger partial charge is 0.514 e. The van der Waals surface area contributed by atoms with E-state index in [1.165, 1.54) is 30.4 Å². The number of carbonyl (C=O) groups is 5. The summed E-state index contributed by atoms with van der Waals surface area (Å²) in [6, 6.07) is 4.94. The lowest BCUT2D eigenvalue weighted by atomic mass is 9.44. The second-order valence-corrected chi connectivity index (χ2v) is 16.3. The van der Waals surface area contributed by atoms with E-state index in [2.05, 4.69) is 9.68 Å². The number of fused-ring (bicyclic) bond motifs is 5. The summed E-state index contributed by atoms with van der Waals surface area (Å²) < 4.78 is 39.7. The third kappa shape index (κ3) is 9.47. The quantitative estimate of drug-likeness (QED) is 0.0381. The van der Waals surface area contributed by atoms with Crippen molar-refractivity contribution in [2.75, 3.05) is 26.4 Å². The highest BCUT2D eigenvalue weighted by Gasteiger charge is 2.77. The van der Waals surface area contributed by atoms with Crippen LogP contribution in [-0.4, -0.2) is 116 Å². The first-order valence-electron chi connectivity index (χ1n) is 19.8. The fraction of sp³-hybridized carbons (Fsp3) is 0.625. The molecule has 5 rings (SSSR count). The summed E-state index contributed by atoms with van der Waals surface area (Å²) in [4.78, 5) is 74.5. The minimum atomic E-state index is -2.23. The number of carbonyl (C=O) groups excluding carboxylic acids is 5. The number of Topliss-reactive ketones (excluding diaryl/α,β-unsaturated/α-hetero) is 1. The van der Waals surface area contributed by atoms with Crippen molar-refractivity contribution in [3.8, 4) is 5.75 Å². The van der Waals surface area contributed by atoms with Gasteiger partial charge in [0.1, 0.15) is 11.8 Å². The van der Waals surface area contributed by atoms with Gasteiger partial charge in [-0.05, 0) is 94.1 Å². The lowest BCUT2D eigenvalue weighted by Crippen LogP contribution is -2.70. The number of aliphatic hydroxyl groups is 1. The second-order valence-electron chi connectivity index (χ2n) is 16.3. The molecule has 0 saturated heterocycles. The number of unbranched alkanes of at least 4 members (excludes halogenated alkanes) is 1. The number of alkyl halides is 1. The van der Waals surface area contributed by atoms with Gasteiger partial charge < -0.3 is 29.8 Å². The molecule has 0 heterocycles. The molecule has 4 aliphatic rings. The molecule has 0 amide bonds. The maximum Gasteiger partial charge on any atom is 0.514 e. The first kappa shape index (κ1) is 46.8. The summed E-state index contributed by atoms with van der Waals surface area (Å²) in [6.45, 7) is 3.85. The van der Waals surface area contributed by atoms with E-state index in [0.29, 0.717) is 30.4 Å². The Morgan fingerprint density at radius 1 is 0.950 bits per heavy atom. The summed E-state index contributed by atoms with van der Waals surface area (Å²) in [6.07, 6.45) is 2.33. The van der Waals surface area contributed by atoms with E-state index in [9.17, 15) is 29.1 Å². The van der Waals surface area contributed by atoms with Gasteiger partial charge in [0.05, 0.1) is 36.7 Å². The van der Waals surface area contributed by atoms with E-state index in [4.69, 9.17) is 45.5 Å². The van der Waals surface area contributed by atoms with Crippen molar-refractivity contribution in [1.82, 2.24) is 10.8 Å². The highest BCUT2D eigenvalue weighted by atomic mass is 19.1. The predicted octanol–water partition coefficient (Wildman–Crippen LogP) is 3.67. The molecule has 19 nitrogen and oxygen atoms in total. The van der Waals surface area contributed by atoms with Gasteiger partial charge in [-0.25, -0.2) is 9.18 Å². The van der Waals surface area contributed by atoms with Crippen molar-refractivity contribution in [3.05, 3.63) is 53.6 Å². The van der Waals surface area contributed by atoms with Gasteiger partial charge >= 0.3 is 18.1 Å². The van der Waals surface area contributed by atoms with Crippen LogP contribution in [0.1, 0.15) is 77.7 Å². The topological polar surface area (TPSA) is 274 Å². The highest BCUT2D eigenvalue weighted by Crippen LogP contribution is 2.71. The van der Waals surface area contributed by atoms with Crippen LogP contribution in [0, 0.1) is 28.6 Å². The predicted molar refractivity (Wildman–Crippen MR) is 199 cm³/mol. The summed E-state index contributed by atoms with van der Waals surface area (Å²) in [7, 11) is 0. The molecule has 0 bridgehead atoms. The molecule has 332 valence electrons. The molecule has 7 N–H and O–H groups in total. The van der Waals surface area contributed by atoms with Crippen molar-refractivity contribution in [2.24, 2.45) is 34.3 Å². The summed E-state index contributed by atoms with van der Waals surface area (Å²) >= 11 is 0. The molecule has 1 aromatic rings. The molecule has 0 aromatic heterocycles. The summed E-state index contributed by atoms with van der Waals surface area (Å²) in [5.41, 5.74) is 0.253. The zero-order chi connectivity index (χ0) is 44.0. The molecule has 20 heteroatoms. The average Bonchev–Trinajstić information content (AvgIpc) is 3.40. The van der Waals surface area contributed by atoms with E-state index in [0.717, 1.165) is 0 Å². The Bertz CT molecular complexity index is 1810. The number of rotatable bonds is 19. The Morgan fingerprint density at radius 2 is 1.60 bits per heavy atom. The minimum Gasteiger partial charge on any atom is -0.465 e. The first-order chi connectivity index (χ1) is 28.3. The molecular weight excluding hydrogens is 797 g/mol. The monoisotopic (exact) mass is 851 g/mol. The van der Waals surface area contributed by atoms with Crippen LogP contribution in [0.3, 0.4) is 0 Å². The van der Waals surface area contributed by atoms with Crippen molar-refractivity contribution >= 4 is 29.7 Å². The van der Waals surface area contributed by atoms with Gasteiger partial charge in [0.25, 0.3) is 0 Å².